The smallest absolute Gasteiger partial charge is 0.315 e. The molecule has 0 aliphatic heterocycles. The molecule has 1 aromatic heterocycles. The fraction of sp³-hybridized carbons (Fsp3) is 0.500. The van der Waals surface area contributed by atoms with Gasteiger partial charge in [-0.05, 0) is 6.92 Å². The highest BCUT2D eigenvalue weighted by Crippen LogP contribution is 2.16. The summed E-state index contributed by atoms with van der Waals surface area (Å²) in [7, 11) is 0. The SMILES string of the molecule is CCN(CC(F)(F)F)C(=O)n1ccnc1. The fourth-order valence-electron chi connectivity index (χ4n) is 1.07. The summed E-state index contributed by atoms with van der Waals surface area (Å²) in [5, 5.41) is 0. The Hall–Kier alpha value is -1.53. The normalized spacial score (nSPS) is 11.5. The number of amides is 1. The third kappa shape index (κ3) is 3.26. The van der Waals surface area contributed by atoms with Crippen molar-refractivity contribution < 1.29 is 18.0 Å². The summed E-state index contributed by atoms with van der Waals surface area (Å²) >= 11 is 0. The number of hydrogen-bond acceptors (Lipinski definition) is 2. The van der Waals surface area contributed by atoms with Gasteiger partial charge in [-0.15, -0.1) is 0 Å². The Balaban J connectivity index is 2.72. The molecular weight excluding hydrogens is 211 g/mol. The summed E-state index contributed by atoms with van der Waals surface area (Å²) in [4.78, 5) is 15.8. The fourth-order valence-corrected chi connectivity index (χ4v) is 1.07. The molecule has 0 spiro atoms. The molecule has 7 heteroatoms. The Kier molecular flexibility index (Phi) is 3.33. The third-order valence-electron chi connectivity index (χ3n) is 1.75. The maximum absolute atomic E-state index is 12.1. The van der Waals surface area contributed by atoms with Gasteiger partial charge < -0.3 is 4.90 Å². The van der Waals surface area contributed by atoms with E-state index in [-0.39, 0.29) is 6.54 Å². The van der Waals surface area contributed by atoms with Crippen LogP contribution < -0.4 is 0 Å². The van der Waals surface area contributed by atoms with Gasteiger partial charge >= 0.3 is 12.2 Å². The Labute approximate surface area is 84.3 Å². The van der Waals surface area contributed by atoms with E-state index in [1.165, 1.54) is 25.6 Å². The van der Waals surface area contributed by atoms with Crippen LogP contribution in [0.5, 0.6) is 0 Å². The van der Waals surface area contributed by atoms with Gasteiger partial charge in [0, 0.05) is 18.9 Å². The van der Waals surface area contributed by atoms with Gasteiger partial charge in [-0.25, -0.2) is 9.78 Å². The molecule has 0 unspecified atom stereocenters. The van der Waals surface area contributed by atoms with Crippen molar-refractivity contribution in [2.75, 3.05) is 13.1 Å². The van der Waals surface area contributed by atoms with E-state index in [4.69, 9.17) is 0 Å². The number of alkyl halides is 3. The predicted molar refractivity (Wildman–Crippen MR) is 46.3 cm³/mol. The zero-order valence-electron chi connectivity index (χ0n) is 8.03. The second kappa shape index (κ2) is 4.33. The second-order valence-corrected chi connectivity index (χ2v) is 2.88. The Morgan fingerprint density at radius 1 is 1.53 bits per heavy atom. The van der Waals surface area contributed by atoms with E-state index in [9.17, 15) is 18.0 Å². The highest BCUT2D eigenvalue weighted by molar-refractivity contribution is 5.76. The first-order chi connectivity index (χ1) is 6.94. The summed E-state index contributed by atoms with van der Waals surface area (Å²) in [6, 6.07) is -0.729. The van der Waals surface area contributed by atoms with Gasteiger partial charge in [0.2, 0.25) is 0 Å². The molecule has 1 rings (SSSR count). The van der Waals surface area contributed by atoms with Crippen molar-refractivity contribution in [3.8, 4) is 0 Å². The number of hydrogen-bond donors (Lipinski definition) is 0. The van der Waals surface area contributed by atoms with Gasteiger partial charge in [-0.2, -0.15) is 13.2 Å². The molecule has 1 aromatic rings. The molecule has 84 valence electrons. The van der Waals surface area contributed by atoms with E-state index in [0.29, 0.717) is 4.90 Å². The summed E-state index contributed by atoms with van der Waals surface area (Å²) < 4.78 is 37.2. The maximum Gasteiger partial charge on any atom is 0.406 e. The van der Waals surface area contributed by atoms with Crippen molar-refractivity contribution >= 4 is 6.03 Å². The van der Waals surface area contributed by atoms with Crippen LogP contribution in [-0.4, -0.2) is 39.7 Å². The molecule has 1 heterocycles. The van der Waals surface area contributed by atoms with E-state index in [2.05, 4.69) is 4.98 Å². The zero-order chi connectivity index (χ0) is 11.5. The molecule has 0 bridgehead atoms. The predicted octanol–water partition coefficient (Wildman–Crippen LogP) is 1.74. The summed E-state index contributed by atoms with van der Waals surface area (Å²) in [5.74, 6) is 0. The van der Waals surface area contributed by atoms with Crippen LogP contribution in [0.3, 0.4) is 0 Å². The maximum atomic E-state index is 12.1. The van der Waals surface area contributed by atoms with Crippen molar-refractivity contribution in [2.24, 2.45) is 0 Å². The lowest BCUT2D eigenvalue weighted by Crippen LogP contribution is -2.40. The van der Waals surface area contributed by atoms with Gasteiger partial charge in [0.1, 0.15) is 12.9 Å². The summed E-state index contributed by atoms with van der Waals surface area (Å²) in [6.45, 7) is 0.234. The number of imidazole rings is 1. The first-order valence-electron chi connectivity index (χ1n) is 4.28. The minimum absolute atomic E-state index is 0.00345. The van der Waals surface area contributed by atoms with Gasteiger partial charge in [0.25, 0.3) is 0 Å². The lowest BCUT2D eigenvalue weighted by Gasteiger charge is -2.21. The lowest BCUT2D eigenvalue weighted by molar-refractivity contribution is -0.139. The largest absolute Gasteiger partial charge is 0.406 e. The van der Waals surface area contributed by atoms with Gasteiger partial charge in [-0.3, -0.25) is 4.57 Å². The highest BCUT2D eigenvalue weighted by Gasteiger charge is 2.32. The monoisotopic (exact) mass is 221 g/mol. The van der Waals surface area contributed by atoms with Crippen LogP contribution in [-0.2, 0) is 0 Å². The molecule has 0 saturated carbocycles. The van der Waals surface area contributed by atoms with E-state index in [1.807, 2.05) is 0 Å². The minimum Gasteiger partial charge on any atom is -0.315 e. The van der Waals surface area contributed by atoms with Crippen molar-refractivity contribution in [3.63, 3.8) is 0 Å². The molecule has 0 saturated heterocycles. The first-order valence-corrected chi connectivity index (χ1v) is 4.28. The third-order valence-corrected chi connectivity index (χ3v) is 1.75. The number of aromatic nitrogens is 2. The van der Waals surface area contributed by atoms with E-state index in [1.54, 1.807) is 0 Å². The van der Waals surface area contributed by atoms with Crippen LogP contribution in [0.1, 0.15) is 6.92 Å². The molecule has 0 radical (unpaired) electrons. The van der Waals surface area contributed by atoms with Gasteiger partial charge in [-0.1, -0.05) is 0 Å². The first kappa shape index (κ1) is 11.5. The molecule has 0 aromatic carbocycles. The van der Waals surface area contributed by atoms with E-state index < -0.39 is 18.8 Å². The van der Waals surface area contributed by atoms with Gasteiger partial charge in [0.15, 0.2) is 0 Å². The van der Waals surface area contributed by atoms with E-state index in [0.717, 1.165) is 4.57 Å². The van der Waals surface area contributed by atoms with Crippen molar-refractivity contribution in [2.45, 2.75) is 13.1 Å². The topological polar surface area (TPSA) is 38.1 Å². The van der Waals surface area contributed by atoms with Crippen molar-refractivity contribution in [1.82, 2.24) is 14.5 Å². The molecule has 4 nitrogen and oxygen atoms in total. The standard InChI is InChI=1S/C8H10F3N3O/c1-2-13(5-8(9,10)11)7(15)14-4-3-12-6-14/h3-4,6H,2,5H2,1H3. The average Bonchev–Trinajstić information content (AvgIpc) is 2.64. The number of carbonyl (C=O) groups excluding carboxylic acids is 1. The van der Waals surface area contributed by atoms with Crippen LogP contribution in [0.15, 0.2) is 18.7 Å². The molecule has 15 heavy (non-hydrogen) atoms. The Bertz CT molecular complexity index is 320. The molecule has 0 aliphatic rings. The molecule has 0 aliphatic carbocycles. The number of halogens is 3. The molecular formula is C8H10F3N3O. The van der Waals surface area contributed by atoms with Crippen LogP contribution in [0.4, 0.5) is 18.0 Å². The van der Waals surface area contributed by atoms with Crippen molar-refractivity contribution in [3.05, 3.63) is 18.7 Å². The van der Waals surface area contributed by atoms with Crippen LogP contribution >= 0.6 is 0 Å². The summed E-state index contributed by atoms with van der Waals surface area (Å²) in [5.41, 5.74) is 0. The molecule has 0 fully saturated rings. The quantitative estimate of drug-likeness (QED) is 0.762. The molecule has 0 N–H and O–H groups in total. The minimum atomic E-state index is -4.38. The number of nitrogens with zero attached hydrogens (tertiary/aromatic N) is 3. The van der Waals surface area contributed by atoms with Crippen LogP contribution in [0.2, 0.25) is 0 Å². The summed E-state index contributed by atoms with van der Waals surface area (Å²) in [6.07, 6.45) is -0.575. The van der Waals surface area contributed by atoms with Crippen molar-refractivity contribution in [1.29, 1.82) is 0 Å². The Morgan fingerprint density at radius 2 is 2.20 bits per heavy atom. The molecule has 0 atom stereocenters. The van der Waals surface area contributed by atoms with Crippen LogP contribution in [0.25, 0.3) is 0 Å². The van der Waals surface area contributed by atoms with Gasteiger partial charge in [0.05, 0.1) is 0 Å². The molecule has 1 amide bonds. The Morgan fingerprint density at radius 3 is 2.60 bits per heavy atom. The lowest BCUT2D eigenvalue weighted by atomic mass is 10.5. The second-order valence-electron chi connectivity index (χ2n) is 2.88. The average molecular weight is 221 g/mol. The number of rotatable bonds is 2. The number of carbonyl (C=O) groups is 1. The highest BCUT2D eigenvalue weighted by atomic mass is 19.4. The van der Waals surface area contributed by atoms with E-state index >= 15 is 0 Å². The zero-order valence-corrected chi connectivity index (χ0v) is 8.03. The van der Waals surface area contributed by atoms with Crippen LogP contribution in [0, 0.1) is 0 Å².